The van der Waals surface area contributed by atoms with Gasteiger partial charge >= 0.3 is 0 Å². The van der Waals surface area contributed by atoms with Gasteiger partial charge in [0.05, 0.1) is 11.9 Å². The summed E-state index contributed by atoms with van der Waals surface area (Å²) in [7, 11) is -1.22. The normalized spacial score (nSPS) is 16.3. The summed E-state index contributed by atoms with van der Waals surface area (Å²) in [5.74, 6) is 0.698. The van der Waals surface area contributed by atoms with Crippen molar-refractivity contribution in [2.75, 3.05) is 43.8 Å². The van der Waals surface area contributed by atoms with Crippen LogP contribution in [0.1, 0.15) is 37.7 Å². The van der Waals surface area contributed by atoms with Crippen LogP contribution in [0.4, 0.5) is 5.69 Å². The van der Waals surface area contributed by atoms with Gasteiger partial charge in [0.2, 0.25) is 15.9 Å². The molecule has 1 aliphatic heterocycles. The number of nitrogens with one attached hydrogen (secondary N) is 1. The Morgan fingerprint density at radius 1 is 1.30 bits per heavy atom. The summed E-state index contributed by atoms with van der Waals surface area (Å²) in [4.78, 5) is 14.4. The van der Waals surface area contributed by atoms with Gasteiger partial charge in [-0.05, 0) is 76.4 Å². The number of amides is 1. The summed E-state index contributed by atoms with van der Waals surface area (Å²) in [5, 5.41) is 2.98. The predicted octanol–water partition coefficient (Wildman–Crippen LogP) is 2.39. The second-order valence-electron chi connectivity index (χ2n) is 7.66. The van der Waals surface area contributed by atoms with Crippen LogP contribution in [0.25, 0.3) is 0 Å². The van der Waals surface area contributed by atoms with Gasteiger partial charge in [-0.2, -0.15) is 0 Å². The number of sulfonamides is 1. The van der Waals surface area contributed by atoms with Crippen LogP contribution >= 0.6 is 0 Å². The zero-order valence-electron chi connectivity index (χ0n) is 16.8. The molecule has 1 heterocycles. The van der Waals surface area contributed by atoms with E-state index < -0.39 is 10.0 Å². The molecule has 1 fully saturated rings. The van der Waals surface area contributed by atoms with E-state index in [1.165, 1.54) is 23.4 Å². The maximum atomic E-state index is 12.1. The van der Waals surface area contributed by atoms with E-state index in [1.54, 1.807) is 6.07 Å². The SMILES string of the molecule is Cc1cccc(N(CCCC(=O)NCCC2CCN(C)CC2)S(C)(=O)=O)c1. The summed E-state index contributed by atoms with van der Waals surface area (Å²) in [5.41, 5.74) is 1.66. The Morgan fingerprint density at radius 3 is 2.63 bits per heavy atom. The third-order valence-corrected chi connectivity index (χ3v) is 6.36. The molecule has 1 aliphatic rings. The first kappa shape index (κ1) is 21.7. The van der Waals surface area contributed by atoms with Crippen molar-refractivity contribution in [2.24, 2.45) is 5.92 Å². The van der Waals surface area contributed by atoms with Crippen molar-refractivity contribution in [3.63, 3.8) is 0 Å². The van der Waals surface area contributed by atoms with E-state index in [0.29, 0.717) is 37.5 Å². The molecule has 0 saturated carbocycles. The average molecular weight is 396 g/mol. The van der Waals surface area contributed by atoms with Gasteiger partial charge in [-0.15, -0.1) is 0 Å². The summed E-state index contributed by atoms with van der Waals surface area (Å²) in [6.45, 7) is 5.23. The molecule has 27 heavy (non-hydrogen) atoms. The van der Waals surface area contributed by atoms with Gasteiger partial charge in [0.15, 0.2) is 0 Å². The quantitative estimate of drug-likeness (QED) is 0.697. The molecule has 6 nitrogen and oxygen atoms in total. The Balaban J connectivity index is 1.73. The molecule has 1 aromatic carbocycles. The topological polar surface area (TPSA) is 69.7 Å². The zero-order valence-corrected chi connectivity index (χ0v) is 17.6. The Bertz CT molecular complexity index is 713. The molecule has 0 atom stereocenters. The lowest BCUT2D eigenvalue weighted by Gasteiger charge is -2.28. The average Bonchev–Trinajstić information content (AvgIpc) is 2.59. The summed E-state index contributed by atoms with van der Waals surface area (Å²) in [6, 6.07) is 7.42. The van der Waals surface area contributed by atoms with Gasteiger partial charge < -0.3 is 10.2 Å². The molecule has 0 aliphatic carbocycles. The monoisotopic (exact) mass is 395 g/mol. The van der Waals surface area contributed by atoms with E-state index >= 15 is 0 Å². The molecule has 1 aromatic rings. The van der Waals surface area contributed by atoms with Crippen LogP contribution in [-0.4, -0.2) is 58.7 Å². The number of carbonyl (C=O) groups is 1. The lowest BCUT2D eigenvalue weighted by Crippen LogP contribution is -2.33. The molecule has 0 aromatic heterocycles. The number of piperidine rings is 1. The van der Waals surface area contributed by atoms with E-state index in [1.807, 2.05) is 25.1 Å². The number of likely N-dealkylation sites (tertiary alicyclic amines) is 1. The van der Waals surface area contributed by atoms with E-state index in [-0.39, 0.29) is 5.91 Å². The highest BCUT2D eigenvalue weighted by Gasteiger charge is 2.18. The minimum atomic E-state index is -3.37. The summed E-state index contributed by atoms with van der Waals surface area (Å²) < 4.78 is 25.6. The van der Waals surface area contributed by atoms with Crippen LogP contribution in [0.3, 0.4) is 0 Å². The van der Waals surface area contributed by atoms with Gasteiger partial charge in [-0.3, -0.25) is 9.10 Å². The van der Waals surface area contributed by atoms with Gasteiger partial charge in [-0.25, -0.2) is 8.42 Å². The molecular formula is C20H33N3O3S. The van der Waals surface area contributed by atoms with E-state index in [2.05, 4.69) is 17.3 Å². The van der Waals surface area contributed by atoms with E-state index in [4.69, 9.17) is 0 Å². The first-order valence-corrected chi connectivity index (χ1v) is 11.6. The Morgan fingerprint density at radius 2 is 2.00 bits per heavy atom. The standard InChI is InChI=1S/C20H33N3O3S/c1-17-6-4-7-19(16-17)23(27(3,25)26)13-5-8-20(24)21-12-9-18-10-14-22(2)15-11-18/h4,6-7,16,18H,5,8-15H2,1-3H3,(H,21,24). The number of anilines is 1. The van der Waals surface area contributed by atoms with Gasteiger partial charge in [0.25, 0.3) is 0 Å². The summed E-state index contributed by atoms with van der Waals surface area (Å²) in [6.07, 6.45) is 5.47. The molecule has 0 radical (unpaired) electrons. The number of hydrogen-bond acceptors (Lipinski definition) is 4. The van der Waals surface area contributed by atoms with Gasteiger partial charge in [0.1, 0.15) is 0 Å². The lowest BCUT2D eigenvalue weighted by atomic mass is 9.94. The fraction of sp³-hybridized carbons (Fsp3) is 0.650. The second-order valence-corrected chi connectivity index (χ2v) is 9.57. The zero-order chi connectivity index (χ0) is 19.9. The highest BCUT2D eigenvalue weighted by molar-refractivity contribution is 7.92. The number of hydrogen-bond donors (Lipinski definition) is 1. The van der Waals surface area contributed by atoms with E-state index in [0.717, 1.165) is 25.1 Å². The number of carbonyl (C=O) groups excluding carboxylic acids is 1. The molecule has 1 amide bonds. The Hall–Kier alpha value is -1.60. The molecular weight excluding hydrogens is 362 g/mol. The van der Waals surface area contributed by atoms with Gasteiger partial charge in [-0.1, -0.05) is 12.1 Å². The highest BCUT2D eigenvalue weighted by Crippen LogP contribution is 2.20. The molecule has 0 spiro atoms. The number of nitrogens with zero attached hydrogens (tertiary/aromatic N) is 2. The predicted molar refractivity (Wildman–Crippen MR) is 110 cm³/mol. The molecule has 1 N–H and O–H groups in total. The van der Waals surface area contributed by atoms with Crippen LogP contribution in [0.5, 0.6) is 0 Å². The van der Waals surface area contributed by atoms with Crippen LogP contribution < -0.4 is 9.62 Å². The van der Waals surface area contributed by atoms with Crippen molar-refractivity contribution in [1.82, 2.24) is 10.2 Å². The largest absolute Gasteiger partial charge is 0.356 e. The van der Waals surface area contributed by atoms with Crippen LogP contribution in [0, 0.1) is 12.8 Å². The number of benzene rings is 1. The Kier molecular flexibility index (Phi) is 8.10. The maximum absolute atomic E-state index is 12.1. The van der Waals surface area contributed by atoms with Crippen LogP contribution in [-0.2, 0) is 14.8 Å². The highest BCUT2D eigenvalue weighted by atomic mass is 32.2. The number of aryl methyl sites for hydroxylation is 1. The van der Waals surface area contributed by atoms with Crippen molar-refractivity contribution in [3.8, 4) is 0 Å². The molecule has 7 heteroatoms. The van der Waals surface area contributed by atoms with Crippen molar-refractivity contribution in [1.29, 1.82) is 0 Å². The van der Waals surface area contributed by atoms with Crippen molar-refractivity contribution >= 4 is 21.6 Å². The van der Waals surface area contributed by atoms with Gasteiger partial charge in [0, 0.05) is 19.5 Å². The molecule has 1 saturated heterocycles. The second kappa shape index (κ2) is 10.1. The van der Waals surface area contributed by atoms with Crippen molar-refractivity contribution in [3.05, 3.63) is 29.8 Å². The fourth-order valence-electron chi connectivity index (χ4n) is 3.51. The summed E-state index contributed by atoms with van der Waals surface area (Å²) >= 11 is 0. The van der Waals surface area contributed by atoms with Crippen LogP contribution in [0.15, 0.2) is 24.3 Å². The number of rotatable bonds is 9. The van der Waals surface area contributed by atoms with Crippen molar-refractivity contribution in [2.45, 2.75) is 39.0 Å². The third-order valence-electron chi connectivity index (χ3n) is 5.17. The third kappa shape index (κ3) is 7.50. The lowest BCUT2D eigenvalue weighted by molar-refractivity contribution is -0.121. The molecule has 0 bridgehead atoms. The minimum Gasteiger partial charge on any atom is -0.356 e. The minimum absolute atomic E-state index is 0.000575. The fourth-order valence-corrected chi connectivity index (χ4v) is 4.46. The van der Waals surface area contributed by atoms with Crippen molar-refractivity contribution < 1.29 is 13.2 Å². The first-order valence-electron chi connectivity index (χ1n) is 9.75. The first-order chi connectivity index (χ1) is 12.8. The molecule has 0 unspecified atom stereocenters. The Labute approximate surface area is 164 Å². The van der Waals surface area contributed by atoms with E-state index in [9.17, 15) is 13.2 Å². The van der Waals surface area contributed by atoms with Crippen LogP contribution in [0.2, 0.25) is 0 Å². The molecule has 2 rings (SSSR count). The molecule has 152 valence electrons. The maximum Gasteiger partial charge on any atom is 0.232 e. The smallest absolute Gasteiger partial charge is 0.232 e.